The van der Waals surface area contributed by atoms with Crippen molar-refractivity contribution in [2.24, 2.45) is 0 Å². The van der Waals surface area contributed by atoms with Crippen molar-refractivity contribution < 1.29 is 5.11 Å². The molecule has 0 radical (unpaired) electrons. The Morgan fingerprint density at radius 1 is 0.889 bits per heavy atom. The van der Waals surface area contributed by atoms with Crippen molar-refractivity contribution in [1.29, 1.82) is 0 Å². The van der Waals surface area contributed by atoms with Gasteiger partial charge in [-0.2, -0.15) is 0 Å². The fourth-order valence-electron chi connectivity index (χ4n) is 2.61. The summed E-state index contributed by atoms with van der Waals surface area (Å²) in [5, 5.41) is 10.6. The topological polar surface area (TPSA) is 20.2 Å². The van der Waals surface area contributed by atoms with Crippen molar-refractivity contribution in [3.05, 3.63) is 35.9 Å². The number of hydrogen-bond donors (Lipinski definition) is 1. The van der Waals surface area contributed by atoms with E-state index in [1.807, 2.05) is 0 Å². The minimum atomic E-state index is -0.417. The van der Waals surface area contributed by atoms with E-state index in [9.17, 15) is 5.11 Å². The molecule has 0 bridgehead atoms. The van der Waals surface area contributed by atoms with Gasteiger partial charge in [-0.3, -0.25) is 0 Å². The zero-order valence-electron chi connectivity index (χ0n) is 12.0. The smallest absolute Gasteiger partial charge is 0.0647 e. The van der Waals surface area contributed by atoms with E-state index in [0.717, 1.165) is 44.9 Å². The summed E-state index contributed by atoms with van der Waals surface area (Å²) in [5.41, 5.74) is 0.964. The highest BCUT2D eigenvalue weighted by Crippen LogP contribution is 2.26. The van der Waals surface area contributed by atoms with Gasteiger partial charge in [0.05, 0.1) is 5.60 Å². The van der Waals surface area contributed by atoms with E-state index in [1.165, 1.54) is 12.0 Å². The molecule has 1 aromatic carbocycles. The van der Waals surface area contributed by atoms with E-state index in [4.69, 9.17) is 0 Å². The van der Waals surface area contributed by atoms with Crippen LogP contribution in [0.1, 0.15) is 64.4 Å². The van der Waals surface area contributed by atoms with Gasteiger partial charge in [0, 0.05) is 0 Å². The Morgan fingerprint density at radius 2 is 1.56 bits per heavy atom. The fourth-order valence-corrected chi connectivity index (χ4v) is 2.61. The van der Waals surface area contributed by atoms with Gasteiger partial charge in [-0.25, -0.2) is 0 Å². The van der Waals surface area contributed by atoms with Gasteiger partial charge in [0.1, 0.15) is 0 Å². The molecule has 102 valence electrons. The van der Waals surface area contributed by atoms with E-state index >= 15 is 0 Å². The maximum absolute atomic E-state index is 10.6. The summed E-state index contributed by atoms with van der Waals surface area (Å²) in [6.45, 7) is 4.35. The summed E-state index contributed by atoms with van der Waals surface area (Å²) < 4.78 is 0. The van der Waals surface area contributed by atoms with Crippen molar-refractivity contribution in [3.63, 3.8) is 0 Å². The Labute approximate surface area is 112 Å². The molecule has 1 nitrogen and oxygen atoms in total. The molecule has 0 saturated carbocycles. The third kappa shape index (κ3) is 5.68. The molecule has 1 N–H and O–H groups in total. The van der Waals surface area contributed by atoms with Crippen molar-refractivity contribution in [2.75, 3.05) is 0 Å². The lowest BCUT2D eigenvalue weighted by Gasteiger charge is -2.28. The van der Waals surface area contributed by atoms with E-state index in [2.05, 4.69) is 44.2 Å². The van der Waals surface area contributed by atoms with E-state index in [-0.39, 0.29) is 0 Å². The van der Waals surface area contributed by atoms with Crippen LogP contribution in [0, 0.1) is 0 Å². The number of aryl methyl sites for hydroxylation is 1. The van der Waals surface area contributed by atoms with Crippen molar-refractivity contribution in [2.45, 2.75) is 70.8 Å². The highest BCUT2D eigenvalue weighted by Gasteiger charge is 2.24. The van der Waals surface area contributed by atoms with Crippen molar-refractivity contribution in [1.82, 2.24) is 0 Å². The molecular formula is C17H28O. The molecule has 0 aliphatic rings. The molecule has 0 amide bonds. The lowest BCUT2D eigenvalue weighted by Crippen LogP contribution is -2.28. The normalized spacial score (nSPS) is 14.4. The van der Waals surface area contributed by atoms with Crippen LogP contribution in [-0.2, 0) is 6.42 Å². The molecule has 0 aromatic heterocycles. The van der Waals surface area contributed by atoms with Gasteiger partial charge >= 0.3 is 0 Å². The first-order valence-corrected chi connectivity index (χ1v) is 7.46. The molecule has 0 saturated heterocycles. The summed E-state index contributed by atoms with van der Waals surface area (Å²) in [6.07, 6.45) is 8.41. The average molecular weight is 248 g/mol. The second kappa shape index (κ2) is 8.31. The summed E-state index contributed by atoms with van der Waals surface area (Å²) >= 11 is 0. The first-order valence-electron chi connectivity index (χ1n) is 7.46. The molecule has 1 atom stereocenters. The molecule has 0 aliphatic carbocycles. The Hall–Kier alpha value is -0.820. The van der Waals surface area contributed by atoms with Gasteiger partial charge in [-0.15, -0.1) is 0 Å². The quantitative estimate of drug-likeness (QED) is 0.670. The molecule has 0 fully saturated rings. The Kier molecular flexibility index (Phi) is 7.04. The van der Waals surface area contributed by atoms with Crippen LogP contribution < -0.4 is 0 Å². The molecule has 1 unspecified atom stereocenters. The number of aliphatic hydroxyl groups is 1. The van der Waals surface area contributed by atoms with Crippen LogP contribution in [-0.4, -0.2) is 10.7 Å². The molecule has 0 heterocycles. The minimum Gasteiger partial charge on any atom is -0.390 e. The summed E-state index contributed by atoms with van der Waals surface area (Å²) in [5.74, 6) is 0. The summed E-state index contributed by atoms with van der Waals surface area (Å²) in [7, 11) is 0. The largest absolute Gasteiger partial charge is 0.390 e. The van der Waals surface area contributed by atoms with Gasteiger partial charge in [0.2, 0.25) is 0 Å². The zero-order chi connectivity index (χ0) is 13.3. The number of rotatable bonds is 9. The molecule has 1 aromatic rings. The molecule has 18 heavy (non-hydrogen) atoms. The lowest BCUT2D eigenvalue weighted by atomic mass is 9.86. The predicted molar refractivity (Wildman–Crippen MR) is 78.8 cm³/mol. The van der Waals surface area contributed by atoms with E-state index in [0.29, 0.717) is 0 Å². The Bertz CT molecular complexity index is 307. The molecule has 0 spiro atoms. The van der Waals surface area contributed by atoms with Gasteiger partial charge < -0.3 is 5.11 Å². The van der Waals surface area contributed by atoms with E-state index < -0.39 is 5.60 Å². The Balaban J connectivity index is 2.37. The monoisotopic (exact) mass is 248 g/mol. The van der Waals surface area contributed by atoms with Crippen molar-refractivity contribution >= 4 is 0 Å². The maximum Gasteiger partial charge on any atom is 0.0647 e. The first-order chi connectivity index (χ1) is 8.70. The zero-order valence-corrected chi connectivity index (χ0v) is 12.0. The summed E-state index contributed by atoms with van der Waals surface area (Å²) in [4.78, 5) is 0. The number of benzene rings is 1. The lowest BCUT2D eigenvalue weighted by molar-refractivity contribution is 0.00987. The third-order valence-corrected chi connectivity index (χ3v) is 3.66. The first kappa shape index (κ1) is 15.2. The molecule has 1 rings (SSSR count). The van der Waals surface area contributed by atoms with Crippen LogP contribution in [0.15, 0.2) is 30.3 Å². The Morgan fingerprint density at radius 3 is 2.17 bits per heavy atom. The average Bonchev–Trinajstić information content (AvgIpc) is 2.38. The summed E-state index contributed by atoms with van der Waals surface area (Å²) in [6, 6.07) is 10.6. The number of unbranched alkanes of at least 4 members (excludes halogenated alkanes) is 1. The SMILES string of the molecule is CCCCC(O)(CCC)CCCc1ccccc1. The van der Waals surface area contributed by atoms with E-state index in [1.54, 1.807) is 0 Å². The highest BCUT2D eigenvalue weighted by molar-refractivity contribution is 5.14. The number of hydrogen-bond acceptors (Lipinski definition) is 1. The van der Waals surface area contributed by atoms with Crippen LogP contribution in [0.4, 0.5) is 0 Å². The van der Waals surface area contributed by atoms with Gasteiger partial charge in [-0.05, 0) is 37.7 Å². The molecular weight excluding hydrogens is 220 g/mol. The van der Waals surface area contributed by atoms with Crippen molar-refractivity contribution in [3.8, 4) is 0 Å². The second-order valence-electron chi connectivity index (χ2n) is 5.42. The van der Waals surface area contributed by atoms with Crippen LogP contribution in [0.3, 0.4) is 0 Å². The minimum absolute atomic E-state index is 0.417. The van der Waals surface area contributed by atoms with Crippen LogP contribution in [0.2, 0.25) is 0 Å². The van der Waals surface area contributed by atoms with Gasteiger partial charge in [0.25, 0.3) is 0 Å². The standard InChI is InChI=1S/C17H28O/c1-3-5-14-17(18,13-4-2)15-9-12-16-10-7-6-8-11-16/h6-8,10-11,18H,3-5,9,12-15H2,1-2H3. The fraction of sp³-hybridized carbons (Fsp3) is 0.647. The highest BCUT2D eigenvalue weighted by atomic mass is 16.3. The second-order valence-corrected chi connectivity index (χ2v) is 5.42. The van der Waals surface area contributed by atoms with Crippen LogP contribution in [0.5, 0.6) is 0 Å². The van der Waals surface area contributed by atoms with Gasteiger partial charge in [0.15, 0.2) is 0 Å². The van der Waals surface area contributed by atoms with Gasteiger partial charge in [-0.1, -0.05) is 63.4 Å². The molecule has 1 heteroatoms. The van der Waals surface area contributed by atoms with Crippen LogP contribution in [0.25, 0.3) is 0 Å². The molecule has 0 aliphatic heterocycles. The third-order valence-electron chi connectivity index (χ3n) is 3.66. The maximum atomic E-state index is 10.6. The predicted octanol–water partition coefficient (Wildman–Crippen LogP) is 4.73. The van der Waals surface area contributed by atoms with Crippen LogP contribution >= 0.6 is 0 Å².